The lowest BCUT2D eigenvalue weighted by atomic mass is 10.2. The fourth-order valence-electron chi connectivity index (χ4n) is 2.59. The minimum Gasteiger partial charge on any atom is -0.298 e. The standard InChI is InChI=1S/C20H15FN4OS/c21-17-8-6-15(7-9-17)18-13-27-20(23-18)24-19(26)16-10-22-25(12-16)11-14-4-2-1-3-5-14/h1-10,12-13H,11H2,(H,23,24,26). The Morgan fingerprint density at radius 3 is 2.67 bits per heavy atom. The molecule has 0 spiro atoms. The number of rotatable bonds is 5. The molecule has 0 atom stereocenters. The first-order chi connectivity index (χ1) is 13.2. The molecule has 0 unspecified atom stereocenters. The van der Waals surface area contributed by atoms with Crippen LogP contribution in [0.15, 0.2) is 72.4 Å². The van der Waals surface area contributed by atoms with E-state index in [1.54, 1.807) is 23.0 Å². The van der Waals surface area contributed by atoms with Crippen molar-refractivity contribution in [2.24, 2.45) is 0 Å². The van der Waals surface area contributed by atoms with Gasteiger partial charge in [0.25, 0.3) is 5.91 Å². The molecule has 1 amide bonds. The Labute approximate surface area is 159 Å². The second kappa shape index (κ2) is 7.51. The van der Waals surface area contributed by atoms with Crippen molar-refractivity contribution in [3.05, 3.63) is 89.3 Å². The van der Waals surface area contributed by atoms with E-state index in [4.69, 9.17) is 0 Å². The van der Waals surface area contributed by atoms with Gasteiger partial charge in [-0.1, -0.05) is 30.3 Å². The number of amides is 1. The second-order valence-electron chi connectivity index (χ2n) is 5.91. The topological polar surface area (TPSA) is 59.8 Å². The molecule has 0 saturated carbocycles. The molecule has 27 heavy (non-hydrogen) atoms. The predicted molar refractivity (Wildman–Crippen MR) is 103 cm³/mol. The van der Waals surface area contributed by atoms with Crippen LogP contribution in [0.2, 0.25) is 0 Å². The van der Waals surface area contributed by atoms with Gasteiger partial charge in [-0.05, 0) is 29.8 Å². The summed E-state index contributed by atoms with van der Waals surface area (Å²) in [6, 6.07) is 16.0. The van der Waals surface area contributed by atoms with Crippen LogP contribution >= 0.6 is 11.3 Å². The summed E-state index contributed by atoms with van der Waals surface area (Å²) in [7, 11) is 0. The van der Waals surface area contributed by atoms with E-state index in [0.29, 0.717) is 22.9 Å². The molecule has 0 aliphatic heterocycles. The van der Waals surface area contributed by atoms with Crippen LogP contribution in [0, 0.1) is 5.82 Å². The maximum atomic E-state index is 13.0. The van der Waals surface area contributed by atoms with Gasteiger partial charge in [-0.2, -0.15) is 5.10 Å². The molecule has 0 saturated heterocycles. The number of hydrogen-bond acceptors (Lipinski definition) is 4. The highest BCUT2D eigenvalue weighted by Gasteiger charge is 2.12. The monoisotopic (exact) mass is 378 g/mol. The van der Waals surface area contributed by atoms with Gasteiger partial charge in [0.15, 0.2) is 5.13 Å². The quantitative estimate of drug-likeness (QED) is 0.558. The third-order valence-corrected chi connectivity index (χ3v) is 4.71. The van der Waals surface area contributed by atoms with Gasteiger partial charge in [-0.15, -0.1) is 11.3 Å². The molecule has 5 nitrogen and oxygen atoms in total. The van der Waals surface area contributed by atoms with E-state index in [-0.39, 0.29) is 11.7 Å². The van der Waals surface area contributed by atoms with Crippen molar-refractivity contribution >= 4 is 22.4 Å². The zero-order valence-electron chi connectivity index (χ0n) is 14.2. The highest BCUT2D eigenvalue weighted by atomic mass is 32.1. The fraction of sp³-hybridized carbons (Fsp3) is 0.0500. The average molecular weight is 378 g/mol. The smallest absolute Gasteiger partial charge is 0.260 e. The van der Waals surface area contributed by atoms with Gasteiger partial charge in [0.2, 0.25) is 0 Å². The molecule has 4 aromatic rings. The first-order valence-electron chi connectivity index (χ1n) is 8.26. The lowest BCUT2D eigenvalue weighted by Crippen LogP contribution is -2.11. The number of benzene rings is 2. The molecule has 4 rings (SSSR count). The van der Waals surface area contributed by atoms with E-state index in [1.165, 1.54) is 29.7 Å². The Morgan fingerprint density at radius 1 is 1.11 bits per heavy atom. The molecule has 0 bridgehead atoms. The average Bonchev–Trinajstić information content (AvgIpc) is 3.33. The minimum atomic E-state index is -0.296. The number of nitrogens with zero attached hydrogens (tertiary/aromatic N) is 3. The number of carbonyl (C=O) groups excluding carboxylic acids is 1. The van der Waals surface area contributed by atoms with Crippen molar-refractivity contribution in [2.45, 2.75) is 6.54 Å². The van der Waals surface area contributed by atoms with Crippen LogP contribution in [0.1, 0.15) is 15.9 Å². The van der Waals surface area contributed by atoms with Crippen LogP contribution in [0.5, 0.6) is 0 Å². The highest BCUT2D eigenvalue weighted by Crippen LogP contribution is 2.25. The molecular weight excluding hydrogens is 363 g/mol. The van der Waals surface area contributed by atoms with Crippen molar-refractivity contribution < 1.29 is 9.18 Å². The van der Waals surface area contributed by atoms with Crippen LogP contribution in [0.3, 0.4) is 0 Å². The van der Waals surface area contributed by atoms with Gasteiger partial charge in [0.1, 0.15) is 5.82 Å². The van der Waals surface area contributed by atoms with Crippen molar-refractivity contribution in [3.8, 4) is 11.3 Å². The number of nitrogens with one attached hydrogen (secondary N) is 1. The molecule has 134 valence electrons. The van der Waals surface area contributed by atoms with Gasteiger partial charge in [0.05, 0.1) is 24.0 Å². The summed E-state index contributed by atoms with van der Waals surface area (Å²) in [4.78, 5) is 16.8. The van der Waals surface area contributed by atoms with Crippen LogP contribution in [0.4, 0.5) is 9.52 Å². The molecule has 2 heterocycles. The Balaban J connectivity index is 1.43. The van der Waals surface area contributed by atoms with Crippen molar-refractivity contribution in [1.82, 2.24) is 14.8 Å². The van der Waals surface area contributed by atoms with Gasteiger partial charge >= 0.3 is 0 Å². The highest BCUT2D eigenvalue weighted by molar-refractivity contribution is 7.14. The van der Waals surface area contributed by atoms with E-state index in [9.17, 15) is 9.18 Å². The van der Waals surface area contributed by atoms with E-state index >= 15 is 0 Å². The van der Waals surface area contributed by atoms with Gasteiger partial charge in [-0.25, -0.2) is 9.37 Å². The molecular formula is C20H15FN4OS. The summed E-state index contributed by atoms with van der Waals surface area (Å²) in [5, 5.41) is 9.32. The summed E-state index contributed by atoms with van der Waals surface area (Å²) in [5.41, 5.74) is 3.06. The molecule has 1 N–H and O–H groups in total. The SMILES string of the molecule is O=C(Nc1nc(-c2ccc(F)cc2)cs1)c1cnn(Cc2ccccc2)c1. The van der Waals surface area contributed by atoms with E-state index in [2.05, 4.69) is 15.4 Å². The second-order valence-corrected chi connectivity index (χ2v) is 6.77. The first-order valence-corrected chi connectivity index (χ1v) is 9.14. The number of thiazole rings is 1. The van der Waals surface area contributed by atoms with Crippen molar-refractivity contribution in [2.75, 3.05) is 5.32 Å². The largest absolute Gasteiger partial charge is 0.298 e. The summed E-state index contributed by atoms with van der Waals surface area (Å²) in [5.74, 6) is -0.565. The number of halogens is 1. The molecule has 2 aromatic carbocycles. The number of carbonyl (C=O) groups is 1. The van der Waals surface area contributed by atoms with Gasteiger partial charge in [-0.3, -0.25) is 14.8 Å². The summed E-state index contributed by atoms with van der Waals surface area (Å²) >= 11 is 1.32. The lowest BCUT2D eigenvalue weighted by Gasteiger charge is -2.01. The Bertz CT molecular complexity index is 1060. The molecule has 0 radical (unpaired) electrons. The molecule has 0 aliphatic rings. The maximum Gasteiger partial charge on any atom is 0.260 e. The summed E-state index contributed by atoms with van der Waals surface area (Å²) in [6.07, 6.45) is 3.24. The van der Waals surface area contributed by atoms with Crippen LogP contribution in [-0.4, -0.2) is 20.7 Å². The molecule has 7 heteroatoms. The Morgan fingerprint density at radius 2 is 1.89 bits per heavy atom. The zero-order chi connectivity index (χ0) is 18.6. The normalized spacial score (nSPS) is 10.7. The van der Waals surface area contributed by atoms with Gasteiger partial charge < -0.3 is 0 Å². The lowest BCUT2D eigenvalue weighted by molar-refractivity contribution is 0.102. The first kappa shape index (κ1) is 17.1. The van der Waals surface area contributed by atoms with Crippen LogP contribution in [-0.2, 0) is 6.54 Å². The molecule has 2 aromatic heterocycles. The van der Waals surface area contributed by atoms with Crippen LogP contribution in [0.25, 0.3) is 11.3 Å². The zero-order valence-corrected chi connectivity index (χ0v) is 15.0. The predicted octanol–water partition coefficient (Wildman–Crippen LogP) is 4.45. The Kier molecular flexibility index (Phi) is 4.76. The van der Waals surface area contributed by atoms with Gasteiger partial charge in [0, 0.05) is 17.1 Å². The van der Waals surface area contributed by atoms with Crippen molar-refractivity contribution in [1.29, 1.82) is 0 Å². The van der Waals surface area contributed by atoms with Crippen molar-refractivity contribution in [3.63, 3.8) is 0 Å². The molecule has 0 aliphatic carbocycles. The Hall–Kier alpha value is -3.32. The van der Waals surface area contributed by atoms with E-state index < -0.39 is 0 Å². The minimum absolute atomic E-state index is 0.269. The number of hydrogen-bond donors (Lipinski definition) is 1. The van der Waals surface area contributed by atoms with E-state index in [1.807, 2.05) is 35.7 Å². The third-order valence-electron chi connectivity index (χ3n) is 3.95. The maximum absolute atomic E-state index is 13.0. The molecule has 0 fully saturated rings. The van der Waals surface area contributed by atoms with E-state index in [0.717, 1.165) is 11.1 Å². The summed E-state index contributed by atoms with van der Waals surface area (Å²) in [6.45, 7) is 0.597. The third kappa shape index (κ3) is 4.09. The number of aromatic nitrogens is 3. The summed E-state index contributed by atoms with van der Waals surface area (Å²) < 4.78 is 14.7. The number of anilines is 1. The van der Waals surface area contributed by atoms with Crippen LogP contribution < -0.4 is 5.32 Å². The fourth-order valence-corrected chi connectivity index (χ4v) is 3.31.